The van der Waals surface area contributed by atoms with E-state index in [9.17, 15) is 0 Å². The molecule has 2 atom stereocenters. The number of nitrogens with two attached hydrogens (primary N) is 1. The van der Waals surface area contributed by atoms with Crippen LogP contribution in [0.2, 0.25) is 0 Å². The minimum atomic E-state index is 0.133. The highest BCUT2D eigenvalue weighted by molar-refractivity contribution is 9.10. The van der Waals surface area contributed by atoms with Gasteiger partial charge in [-0.05, 0) is 47.9 Å². The van der Waals surface area contributed by atoms with E-state index in [1.165, 1.54) is 24.3 Å². The van der Waals surface area contributed by atoms with Crippen LogP contribution in [0.15, 0.2) is 10.7 Å². The molecular weight excluding hydrogens is 312 g/mol. The van der Waals surface area contributed by atoms with Gasteiger partial charge >= 0.3 is 0 Å². The maximum atomic E-state index is 5.84. The lowest BCUT2D eigenvalue weighted by Crippen LogP contribution is -2.42. The van der Waals surface area contributed by atoms with E-state index >= 15 is 0 Å². The molecule has 0 spiro atoms. The Hall–Kier alpha value is -0.0400. The molecule has 0 bridgehead atoms. The average molecular weight is 333 g/mol. The number of aromatic nitrogens is 2. The zero-order chi connectivity index (χ0) is 13.2. The minimum absolute atomic E-state index is 0.133. The molecule has 0 radical (unpaired) electrons. The first-order chi connectivity index (χ1) is 8.62. The predicted molar refractivity (Wildman–Crippen MR) is 80.4 cm³/mol. The number of hydrogen-bond donors (Lipinski definition) is 2. The van der Waals surface area contributed by atoms with E-state index in [0.29, 0.717) is 0 Å². The van der Waals surface area contributed by atoms with Crippen LogP contribution in [0.4, 0.5) is 0 Å². The van der Waals surface area contributed by atoms with Crippen LogP contribution in [0.1, 0.15) is 44.8 Å². The van der Waals surface area contributed by atoms with Gasteiger partial charge in [0.15, 0.2) is 0 Å². The minimum Gasteiger partial charge on any atom is -0.271 e. The zero-order valence-electron chi connectivity index (χ0n) is 10.9. The van der Waals surface area contributed by atoms with Gasteiger partial charge in [0.2, 0.25) is 0 Å². The smallest absolute Gasteiger partial charge is 0.0784 e. The molecular formula is C12H21BrN4S. The molecule has 1 saturated heterocycles. The number of nitrogens with zero attached hydrogens (tertiary/aromatic N) is 2. The average Bonchev–Trinajstić information content (AvgIpc) is 2.92. The second kappa shape index (κ2) is 5.94. The fraction of sp³-hybridized carbons (Fsp3) is 0.750. The van der Waals surface area contributed by atoms with Crippen molar-refractivity contribution in [1.82, 2.24) is 15.2 Å². The van der Waals surface area contributed by atoms with Crippen molar-refractivity contribution in [1.29, 1.82) is 0 Å². The van der Waals surface area contributed by atoms with E-state index in [4.69, 9.17) is 5.84 Å². The molecule has 0 aromatic carbocycles. The Balaban J connectivity index is 2.34. The lowest BCUT2D eigenvalue weighted by atomic mass is 9.94. The summed E-state index contributed by atoms with van der Waals surface area (Å²) in [5.41, 5.74) is 4.19. The van der Waals surface area contributed by atoms with E-state index < -0.39 is 0 Å². The standard InChI is InChI=1S/C12H21BrN4S/c1-3-6-17-10(9(13)8-15-17)11(16-14)12(2)5-4-7-18-12/h8,11,16H,3-7,14H2,1-2H3. The van der Waals surface area contributed by atoms with Crippen molar-refractivity contribution < 1.29 is 0 Å². The van der Waals surface area contributed by atoms with Gasteiger partial charge < -0.3 is 0 Å². The summed E-state index contributed by atoms with van der Waals surface area (Å²) in [5, 5.41) is 4.44. The summed E-state index contributed by atoms with van der Waals surface area (Å²) in [6, 6.07) is 0.133. The lowest BCUT2D eigenvalue weighted by molar-refractivity contribution is 0.388. The van der Waals surface area contributed by atoms with Crippen LogP contribution in [-0.4, -0.2) is 20.3 Å². The van der Waals surface area contributed by atoms with E-state index in [2.05, 4.69) is 45.0 Å². The van der Waals surface area contributed by atoms with Crippen molar-refractivity contribution in [3.8, 4) is 0 Å². The zero-order valence-corrected chi connectivity index (χ0v) is 13.4. The van der Waals surface area contributed by atoms with Gasteiger partial charge in [0.05, 0.1) is 22.4 Å². The maximum Gasteiger partial charge on any atom is 0.0784 e. The quantitative estimate of drug-likeness (QED) is 0.643. The van der Waals surface area contributed by atoms with Gasteiger partial charge in [-0.3, -0.25) is 10.5 Å². The van der Waals surface area contributed by atoms with Crippen LogP contribution in [0, 0.1) is 0 Å². The highest BCUT2D eigenvalue weighted by Gasteiger charge is 2.40. The Labute approximate surface area is 121 Å². The molecule has 2 rings (SSSR count). The Bertz CT molecular complexity index is 401. The normalized spacial score (nSPS) is 25.6. The number of nitrogens with one attached hydrogen (secondary N) is 1. The molecule has 1 aliphatic rings. The van der Waals surface area contributed by atoms with Crippen molar-refractivity contribution >= 4 is 27.7 Å². The molecule has 4 nitrogen and oxygen atoms in total. The summed E-state index contributed by atoms with van der Waals surface area (Å²) in [6.07, 6.45) is 5.40. The molecule has 1 fully saturated rings. The summed E-state index contributed by atoms with van der Waals surface area (Å²) in [6.45, 7) is 5.39. The van der Waals surface area contributed by atoms with E-state index in [-0.39, 0.29) is 10.8 Å². The van der Waals surface area contributed by atoms with Crippen LogP contribution in [0.25, 0.3) is 0 Å². The maximum absolute atomic E-state index is 5.84. The number of hydrazine groups is 1. The molecule has 2 heterocycles. The van der Waals surface area contributed by atoms with E-state index in [0.717, 1.165) is 17.4 Å². The third-order valence-corrected chi connectivity index (χ3v) is 5.77. The molecule has 0 saturated carbocycles. The number of hydrogen-bond acceptors (Lipinski definition) is 4. The van der Waals surface area contributed by atoms with Gasteiger partial charge in [-0.2, -0.15) is 16.9 Å². The van der Waals surface area contributed by atoms with Gasteiger partial charge in [0, 0.05) is 11.3 Å². The molecule has 0 amide bonds. The van der Waals surface area contributed by atoms with Crippen molar-refractivity contribution in [3.05, 3.63) is 16.4 Å². The molecule has 0 aliphatic carbocycles. The second-order valence-electron chi connectivity index (χ2n) is 4.97. The Morgan fingerprint density at radius 2 is 2.50 bits per heavy atom. The molecule has 102 valence electrons. The van der Waals surface area contributed by atoms with Gasteiger partial charge in [-0.1, -0.05) is 6.92 Å². The summed E-state index contributed by atoms with van der Waals surface area (Å²) in [5.74, 6) is 7.05. The van der Waals surface area contributed by atoms with Crippen LogP contribution in [-0.2, 0) is 6.54 Å². The molecule has 3 N–H and O–H groups in total. The molecule has 1 aromatic rings. The van der Waals surface area contributed by atoms with Crippen molar-refractivity contribution in [2.24, 2.45) is 5.84 Å². The second-order valence-corrected chi connectivity index (χ2v) is 7.45. The topological polar surface area (TPSA) is 55.9 Å². The fourth-order valence-electron chi connectivity index (χ4n) is 2.62. The highest BCUT2D eigenvalue weighted by Crippen LogP contribution is 2.47. The summed E-state index contributed by atoms with van der Waals surface area (Å²) in [4.78, 5) is 0. The summed E-state index contributed by atoms with van der Waals surface area (Å²) in [7, 11) is 0. The van der Waals surface area contributed by atoms with Crippen molar-refractivity contribution in [3.63, 3.8) is 0 Å². The molecule has 6 heteroatoms. The monoisotopic (exact) mass is 332 g/mol. The highest BCUT2D eigenvalue weighted by atomic mass is 79.9. The molecule has 1 aliphatic heterocycles. The molecule has 1 aromatic heterocycles. The summed E-state index contributed by atoms with van der Waals surface area (Å²) < 4.78 is 3.27. The summed E-state index contributed by atoms with van der Waals surface area (Å²) >= 11 is 5.62. The lowest BCUT2D eigenvalue weighted by Gasteiger charge is -2.33. The van der Waals surface area contributed by atoms with E-state index in [1.807, 2.05) is 18.0 Å². The third-order valence-electron chi connectivity index (χ3n) is 3.57. The van der Waals surface area contributed by atoms with Crippen molar-refractivity contribution in [2.45, 2.75) is 50.4 Å². The van der Waals surface area contributed by atoms with E-state index in [1.54, 1.807) is 0 Å². The number of halogens is 1. The van der Waals surface area contributed by atoms with Crippen LogP contribution < -0.4 is 11.3 Å². The van der Waals surface area contributed by atoms with Crippen molar-refractivity contribution in [2.75, 3.05) is 5.75 Å². The first kappa shape index (κ1) is 14.4. The van der Waals surface area contributed by atoms with Crippen LogP contribution in [0.3, 0.4) is 0 Å². The molecule has 18 heavy (non-hydrogen) atoms. The fourth-order valence-corrected chi connectivity index (χ4v) is 4.54. The molecule has 2 unspecified atom stereocenters. The Morgan fingerprint density at radius 3 is 3.06 bits per heavy atom. The van der Waals surface area contributed by atoms with Gasteiger partial charge in [-0.25, -0.2) is 5.43 Å². The third kappa shape index (κ3) is 2.61. The first-order valence-corrected chi connectivity index (χ1v) is 8.21. The Morgan fingerprint density at radius 1 is 1.72 bits per heavy atom. The largest absolute Gasteiger partial charge is 0.271 e. The first-order valence-electron chi connectivity index (χ1n) is 6.43. The number of aryl methyl sites for hydroxylation is 1. The van der Waals surface area contributed by atoms with Gasteiger partial charge in [0.25, 0.3) is 0 Å². The Kier molecular flexibility index (Phi) is 4.75. The predicted octanol–water partition coefficient (Wildman–Crippen LogP) is 2.85. The van der Waals surface area contributed by atoms with Crippen LogP contribution >= 0.6 is 27.7 Å². The van der Waals surface area contributed by atoms with Crippen LogP contribution in [0.5, 0.6) is 0 Å². The van der Waals surface area contributed by atoms with Gasteiger partial charge in [-0.15, -0.1) is 0 Å². The SMILES string of the molecule is CCCn1ncc(Br)c1C(NN)C1(C)CCCS1. The number of rotatable bonds is 5. The van der Waals surface area contributed by atoms with Gasteiger partial charge in [0.1, 0.15) is 0 Å². The number of thioether (sulfide) groups is 1.